The minimum absolute atomic E-state index is 0.236. The molecule has 2 aromatic rings. The lowest BCUT2D eigenvalue weighted by Crippen LogP contribution is -2.13. The van der Waals surface area contributed by atoms with E-state index in [-0.39, 0.29) is 5.91 Å². The maximum atomic E-state index is 12.3. The van der Waals surface area contributed by atoms with Crippen LogP contribution in [-0.4, -0.2) is 29.3 Å². The van der Waals surface area contributed by atoms with Crippen LogP contribution in [0.25, 0.3) is 0 Å². The molecule has 2 rings (SSSR count). The van der Waals surface area contributed by atoms with Gasteiger partial charge in [0.2, 0.25) is 0 Å². The second kappa shape index (κ2) is 8.22. The first kappa shape index (κ1) is 16.9. The van der Waals surface area contributed by atoms with Crippen molar-refractivity contribution in [3.63, 3.8) is 0 Å². The number of aromatic nitrogens is 2. The van der Waals surface area contributed by atoms with E-state index in [2.05, 4.69) is 15.5 Å². The number of carbonyl (C=O) groups excluding carboxylic acids is 1. The van der Waals surface area contributed by atoms with Crippen molar-refractivity contribution in [3.8, 4) is 11.5 Å². The van der Waals surface area contributed by atoms with E-state index in [9.17, 15) is 4.79 Å². The van der Waals surface area contributed by atoms with Crippen molar-refractivity contribution in [2.24, 2.45) is 0 Å². The number of rotatable bonds is 8. The van der Waals surface area contributed by atoms with E-state index in [4.69, 9.17) is 9.47 Å². The highest BCUT2D eigenvalue weighted by atomic mass is 16.5. The molecule has 0 saturated heterocycles. The van der Waals surface area contributed by atoms with Crippen LogP contribution in [0.15, 0.2) is 24.3 Å². The number of amides is 1. The highest BCUT2D eigenvalue weighted by molar-refractivity contribution is 6.04. The lowest BCUT2D eigenvalue weighted by Gasteiger charge is -2.13. The Morgan fingerprint density at radius 2 is 1.83 bits per heavy atom. The maximum Gasteiger partial charge on any atom is 0.257 e. The lowest BCUT2D eigenvalue weighted by molar-refractivity contribution is 0.102. The van der Waals surface area contributed by atoms with Gasteiger partial charge < -0.3 is 14.8 Å². The number of ether oxygens (including phenoxy) is 2. The number of hydrogen-bond acceptors (Lipinski definition) is 4. The molecule has 0 aliphatic heterocycles. The normalized spacial score (nSPS) is 10.4. The van der Waals surface area contributed by atoms with Gasteiger partial charge in [-0.1, -0.05) is 13.8 Å². The van der Waals surface area contributed by atoms with Gasteiger partial charge in [-0.2, -0.15) is 5.10 Å². The highest BCUT2D eigenvalue weighted by Crippen LogP contribution is 2.29. The Morgan fingerprint density at radius 3 is 2.43 bits per heavy atom. The molecule has 0 radical (unpaired) electrons. The van der Waals surface area contributed by atoms with E-state index < -0.39 is 0 Å². The molecule has 0 fully saturated rings. The molecule has 6 nitrogen and oxygen atoms in total. The third-order valence-electron chi connectivity index (χ3n) is 3.08. The molecule has 1 heterocycles. The number of aromatic amines is 1. The summed E-state index contributed by atoms with van der Waals surface area (Å²) in [5, 5.41) is 9.53. The van der Waals surface area contributed by atoms with Crippen LogP contribution in [0.2, 0.25) is 0 Å². The first-order valence-corrected chi connectivity index (χ1v) is 7.87. The second-order valence-electron chi connectivity index (χ2n) is 5.25. The van der Waals surface area contributed by atoms with E-state index in [0.717, 1.165) is 18.5 Å². The topological polar surface area (TPSA) is 76.2 Å². The van der Waals surface area contributed by atoms with Gasteiger partial charge >= 0.3 is 0 Å². The molecule has 0 unspecified atom stereocenters. The summed E-state index contributed by atoms with van der Waals surface area (Å²) >= 11 is 0. The van der Waals surface area contributed by atoms with Crippen molar-refractivity contribution < 1.29 is 14.3 Å². The van der Waals surface area contributed by atoms with Crippen LogP contribution in [0.3, 0.4) is 0 Å². The Bertz CT molecular complexity index is 652. The van der Waals surface area contributed by atoms with Crippen molar-refractivity contribution in [1.82, 2.24) is 10.2 Å². The number of hydrogen-bond donors (Lipinski definition) is 2. The number of anilines is 1. The summed E-state index contributed by atoms with van der Waals surface area (Å²) in [5.74, 6) is 1.51. The molecule has 0 bridgehead atoms. The Kier molecular flexibility index (Phi) is 6.02. The van der Waals surface area contributed by atoms with Gasteiger partial charge in [-0.15, -0.1) is 0 Å². The van der Waals surface area contributed by atoms with Crippen molar-refractivity contribution in [2.75, 3.05) is 18.5 Å². The second-order valence-corrected chi connectivity index (χ2v) is 5.25. The molecule has 124 valence electrons. The van der Waals surface area contributed by atoms with Crippen LogP contribution < -0.4 is 14.8 Å². The van der Waals surface area contributed by atoms with E-state index in [0.29, 0.717) is 36.1 Å². The van der Waals surface area contributed by atoms with Crippen molar-refractivity contribution in [3.05, 3.63) is 35.5 Å². The fourth-order valence-electron chi connectivity index (χ4n) is 1.98. The van der Waals surface area contributed by atoms with Gasteiger partial charge in [-0.25, -0.2) is 0 Å². The molecule has 2 N–H and O–H groups in total. The average molecular weight is 317 g/mol. The Balaban J connectivity index is 2.15. The lowest BCUT2D eigenvalue weighted by atomic mass is 10.2. The van der Waals surface area contributed by atoms with E-state index >= 15 is 0 Å². The SMILES string of the molecule is CCCOc1ccc(C(=O)Nc2cc(C)[nH]n2)cc1OCCC. The highest BCUT2D eigenvalue weighted by Gasteiger charge is 2.13. The van der Waals surface area contributed by atoms with Crippen molar-refractivity contribution >= 4 is 11.7 Å². The summed E-state index contributed by atoms with van der Waals surface area (Å²) in [7, 11) is 0. The quantitative estimate of drug-likeness (QED) is 0.780. The number of aryl methyl sites for hydroxylation is 1. The monoisotopic (exact) mass is 317 g/mol. The molecule has 0 aliphatic rings. The Morgan fingerprint density at radius 1 is 1.13 bits per heavy atom. The van der Waals surface area contributed by atoms with E-state index in [1.54, 1.807) is 24.3 Å². The molecule has 6 heteroatoms. The standard InChI is InChI=1S/C17H23N3O3/c1-4-8-22-14-7-6-13(11-15(14)23-9-5-2)17(21)18-16-10-12(3)19-20-16/h6-7,10-11H,4-5,8-9H2,1-3H3,(H2,18,19,20,21). The number of carbonyl (C=O) groups is 1. The largest absolute Gasteiger partial charge is 0.490 e. The van der Waals surface area contributed by atoms with Gasteiger partial charge in [-0.3, -0.25) is 9.89 Å². The van der Waals surface area contributed by atoms with Crippen LogP contribution in [0.1, 0.15) is 42.7 Å². The minimum Gasteiger partial charge on any atom is -0.490 e. The number of nitrogens with zero attached hydrogens (tertiary/aromatic N) is 1. The van der Waals surface area contributed by atoms with Crippen molar-refractivity contribution in [2.45, 2.75) is 33.6 Å². The zero-order valence-corrected chi connectivity index (χ0v) is 13.8. The van der Waals surface area contributed by atoms with Gasteiger partial charge in [0.1, 0.15) is 0 Å². The van der Waals surface area contributed by atoms with E-state index in [1.807, 2.05) is 20.8 Å². The van der Waals surface area contributed by atoms with Crippen LogP contribution in [0.4, 0.5) is 5.82 Å². The molecule has 23 heavy (non-hydrogen) atoms. The predicted molar refractivity (Wildman–Crippen MR) is 89.3 cm³/mol. The van der Waals surface area contributed by atoms with Crippen LogP contribution >= 0.6 is 0 Å². The molecule has 0 aliphatic carbocycles. The fourth-order valence-corrected chi connectivity index (χ4v) is 1.98. The first-order valence-electron chi connectivity index (χ1n) is 7.87. The number of H-pyrrole nitrogens is 1. The summed E-state index contributed by atoms with van der Waals surface area (Å²) in [6.45, 7) is 7.13. The van der Waals surface area contributed by atoms with Crippen LogP contribution in [-0.2, 0) is 0 Å². The van der Waals surface area contributed by atoms with Crippen LogP contribution in [0, 0.1) is 6.92 Å². The smallest absolute Gasteiger partial charge is 0.257 e. The average Bonchev–Trinajstić information content (AvgIpc) is 2.96. The predicted octanol–water partition coefficient (Wildman–Crippen LogP) is 3.55. The Labute approximate surface area is 136 Å². The summed E-state index contributed by atoms with van der Waals surface area (Å²) in [6.07, 6.45) is 1.80. The van der Waals surface area contributed by atoms with Crippen LogP contribution in [0.5, 0.6) is 11.5 Å². The van der Waals surface area contributed by atoms with E-state index in [1.165, 1.54) is 0 Å². The third kappa shape index (κ3) is 4.74. The zero-order valence-electron chi connectivity index (χ0n) is 13.8. The molecule has 1 aromatic carbocycles. The number of nitrogens with one attached hydrogen (secondary N) is 2. The maximum absolute atomic E-state index is 12.3. The molecule has 1 aromatic heterocycles. The summed E-state index contributed by atoms with van der Waals surface area (Å²) < 4.78 is 11.4. The minimum atomic E-state index is -0.236. The van der Waals surface area contributed by atoms with Crippen molar-refractivity contribution in [1.29, 1.82) is 0 Å². The first-order chi connectivity index (χ1) is 11.1. The summed E-state index contributed by atoms with van der Waals surface area (Å²) in [4.78, 5) is 12.3. The summed E-state index contributed by atoms with van der Waals surface area (Å²) in [5.41, 5.74) is 1.39. The zero-order chi connectivity index (χ0) is 16.7. The molecule has 0 spiro atoms. The fraction of sp³-hybridized carbons (Fsp3) is 0.412. The molecule has 0 saturated carbocycles. The molecule has 1 amide bonds. The van der Waals surface area contributed by atoms with Gasteiger partial charge in [-0.05, 0) is 38.0 Å². The molecular formula is C17H23N3O3. The third-order valence-corrected chi connectivity index (χ3v) is 3.08. The van der Waals surface area contributed by atoms with Gasteiger partial charge in [0.15, 0.2) is 17.3 Å². The van der Waals surface area contributed by atoms with Gasteiger partial charge in [0, 0.05) is 17.3 Å². The number of benzene rings is 1. The Hall–Kier alpha value is -2.50. The molecule has 0 atom stereocenters. The van der Waals surface area contributed by atoms with Gasteiger partial charge in [0.05, 0.1) is 13.2 Å². The summed E-state index contributed by atoms with van der Waals surface area (Å²) in [6, 6.07) is 6.96. The molecular weight excluding hydrogens is 294 g/mol. The van der Waals surface area contributed by atoms with Gasteiger partial charge in [0.25, 0.3) is 5.91 Å².